The number of pyridine rings is 1. The van der Waals surface area contributed by atoms with Crippen molar-refractivity contribution in [3.8, 4) is 5.75 Å². The molecule has 26 heavy (non-hydrogen) atoms. The predicted octanol–water partition coefficient (Wildman–Crippen LogP) is 3.26. The van der Waals surface area contributed by atoms with Crippen molar-refractivity contribution in [1.29, 1.82) is 0 Å². The molecule has 3 rings (SSSR count). The van der Waals surface area contributed by atoms with E-state index >= 15 is 0 Å². The molecule has 1 aromatic heterocycles. The number of likely N-dealkylation sites (N-methyl/N-ethyl adjacent to an activating group) is 1. The van der Waals surface area contributed by atoms with E-state index in [0.29, 0.717) is 19.7 Å². The molecule has 0 bridgehead atoms. The normalized spacial score (nSPS) is 10.5. The summed E-state index contributed by atoms with van der Waals surface area (Å²) >= 11 is 0. The van der Waals surface area contributed by atoms with E-state index in [2.05, 4.69) is 10.3 Å². The van der Waals surface area contributed by atoms with E-state index < -0.39 is 0 Å². The van der Waals surface area contributed by atoms with Gasteiger partial charge in [0.05, 0.1) is 13.2 Å². The molecule has 1 N–H and O–H groups in total. The molecule has 5 nitrogen and oxygen atoms in total. The molecule has 0 atom stereocenters. The van der Waals surface area contributed by atoms with Crippen molar-refractivity contribution in [1.82, 2.24) is 10.3 Å². The zero-order valence-electron chi connectivity index (χ0n) is 14.9. The number of ether oxygens (including phenoxy) is 1. The van der Waals surface area contributed by atoms with Crippen LogP contribution in [0.3, 0.4) is 0 Å². The predicted molar refractivity (Wildman–Crippen MR) is 105 cm³/mol. The molecule has 0 aliphatic rings. The minimum absolute atomic E-state index is 0.00295. The molecule has 0 saturated heterocycles. The van der Waals surface area contributed by atoms with Crippen LogP contribution in [0.2, 0.25) is 0 Å². The van der Waals surface area contributed by atoms with Gasteiger partial charge < -0.3 is 15.0 Å². The van der Waals surface area contributed by atoms with Crippen LogP contribution >= 0.6 is 0 Å². The zero-order valence-corrected chi connectivity index (χ0v) is 14.9. The number of nitrogens with zero attached hydrogens (tertiary/aromatic N) is 2. The first kappa shape index (κ1) is 17.7. The van der Waals surface area contributed by atoms with Crippen LogP contribution in [-0.2, 0) is 4.79 Å². The third-order valence-corrected chi connectivity index (χ3v) is 4.07. The second kappa shape index (κ2) is 8.85. The van der Waals surface area contributed by atoms with E-state index in [1.165, 1.54) is 0 Å². The van der Waals surface area contributed by atoms with Gasteiger partial charge in [-0.3, -0.25) is 9.78 Å². The summed E-state index contributed by atoms with van der Waals surface area (Å²) in [7, 11) is 1.91. The summed E-state index contributed by atoms with van der Waals surface area (Å²) in [4.78, 5) is 18.3. The van der Waals surface area contributed by atoms with Gasteiger partial charge in [0.2, 0.25) is 5.91 Å². The summed E-state index contributed by atoms with van der Waals surface area (Å²) in [6, 6.07) is 19.7. The number of aromatic nitrogens is 1. The molecular formula is C21H23N3O2. The number of carbonyl (C=O) groups is 1. The maximum atomic E-state index is 12.0. The second-order valence-corrected chi connectivity index (χ2v) is 6.07. The topological polar surface area (TPSA) is 54.5 Å². The minimum atomic E-state index is 0.00295. The van der Waals surface area contributed by atoms with Crippen LogP contribution in [0.5, 0.6) is 5.75 Å². The van der Waals surface area contributed by atoms with Crippen molar-refractivity contribution in [3.05, 3.63) is 66.9 Å². The lowest BCUT2D eigenvalue weighted by Crippen LogP contribution is -2.35. The van der Waals surface area contributed by atoms with Crippen molar-refractivity contribution < 1.29 is 9.53 Å². The SMILES string of the molecule is CN(CC(=O)NCCCOc1cccc2cccnc12)c1ccccc1. The third-order valence-electron chi connectivity index (χ3n) is 4.07. The number of nitrogens with one attached hydrogen (secondary N) is 1. The Morgan fingerprint density at radius 2 is 1.88 bits per heavy atom. The van der Waals surface area contributed by atoms with Gasteiger partial charge in [-0.05, 0) is 30.7 Å². The van der Waals surface area contributed by atoms with Gasteiger partial charge >= 0.3 is 0 Å². The molecule has 0 aliphatic carbocycles. The molecule has 134 valence electrons. The number of hydrogen-bond donors (Lipinski definition) is 1. The summed E-state index contributed by atoms with van der Waals surface area (Å²) in [5.74, 6) is 0.779. The first-order valence-corrected chi connectivity index (χ1v) is 8.73. The van der Waals surface area contributed by atoms with E-state index in [4.69, 9.17) is 4.74 Å². The lowest BCUT2D eigenvalue weighted by molar-refractivity contribution is -0.119. The number of benzene rings is 2. The summed E-state index contributed by atoms with van der Waals surface area (Å²) < 4.78 is 5.83. The summed E-state index contributed by atoms with van der Waals surface area (Å²) in [5, 5.41) is 3.99. The highest BCUT2D eigenvalue weighted by atomic mass is 16.5. The highest BCUT2D eigenvalue weighted by Crippen LogP contribution is 2.22. The van der Waals surface area contributed by atoms with E-state index in [9.17, 15) is 4.79 Å². The molecule has 5 heteroatoms. The van der Waals surface area contributed by atoms with Gasteiger partial charge in [0.1, 0.15) is 11.3 Å². The Kier molecular flexibility index (Phi) is 6.04. The molecule has 0 fully saturated rings. The monoisotopic (exact) mass is 349 g/mol. The Labute approximate surface area is 153 Å². The van der Waals surface area contributed by atoms with E-state index in [1.54, 1.807) is 6.20 Å². The van der Waals surface area contributed by atoms with Crippen LogP contribution in [0, 0.1) is 0 Å². The Hall–Kier alpha value is -3.08. The van der Waals surface area contributed by atoms with E-state index in [-0.39, 0.29) is 5.91 Å². The van der Waals surface area contributed by atoms with Crippen molar-refractivity contribution in [2.75, 3.05) is 31.6 Å². The molecule has 0 spiro atoms. The largest absolute Gasteiger partial charge is 0.491 e. The number of rotatable bonds is 8. The van der Waals surface area contributed by atoms with Gasteiger partial charge in [0.15, 0.2) is 0 Å². The fraction of sp³-hybridized carbons (Fsp3) is 0.238. The van der Waals surface area contributed by atoms with Crippen LogP contribution < -0.4 is 15.0 Å². The number of hydrogen-bond acceptors (Lipinski definition) is 4. The summed E-state index contributed by atoms with van der Waals surface area (Å²) in [6.07, 6.45) is 2.50. The minimum Gasteiger partial charge on any atom is -0.491 e. The summed E-state index contributed by atoms with van der Waals surface area (Å²) in [6.45, 7) is 1.45. The van der Waals surface area contributed by atoms with Crippen LogP contribution in [0.15, 0.2) is 66.9 Å². The van der Waals surface area contributed by atoms with Crippen molar-refractivity contribution in [2.45, 2.75) is 6.42 Å². The zero-order chi connectivity index (χ0) is 18.2. The Bertz CT molecular complexity index is 847. The maximum absolute atomic E-state index is 12.0. The average molecular weight is 349 g/mol. The molecule has 1 heterocycles. The lowest BCUT2D eigenvalue weighted by atomic mass is 10.2. The lowest BCUT2D eigenvalue weighted by Gasteiger charge is -2.18. The number of carbonyl (C=O) groups excluding carboxylic acids is 1. The first-order chi connectivity index (χ1) is 12.7. The van der Waals surface area contributed by atoms with Crippen LogP contribution in [0.4, 0.5) is 5.69 Å². The number of amides is 1. The summed E-state index contributed by atoms with van der Waals surface area (Å²) in [5.41, 5.74) is 1.89. The number of anilines is 1. The second-order valence-electron chi connectivity index (χ2n) is 6.07. The molecule has 3 aromatic rings. The van der Waals surface area contributed by atoms with Gasteiger partial charge in [-0.2, -0.15) is 0 Å². The fourth-order valence-electron chi connectivity index (χ4n) is 2.72. The average Bonchev–Trinajstić information content (AvgIpc) is 2.68. The fourth-order valence-corrected chi connectivity index (χ4v) is 2.72. The van der Waals surface area contributed by atoms with Gasteiger partial charge in [0, 0.05) is 30.9 Å². The van der Waals surface area contributed by atoms with Crippen molar-refractivity contribution >= 4 is 22.5 Å². The van der Waals surface area contributed by atoms with Crippen LogP contribution in [-0.4, -0.2) is 37.6 Å². The first-order valence-electron chi connectivity index (χ1n) is 8.73. The van der Waals surface area contributed by atoms with Crippen molar-refractivity contribution in [3.63, 3.8) is 0 Å². The smallest absolute Gasteiger partial charge is 0.239 e. The quantitative estimate of drug-likeness (QED) is 0.634. The van der Waals surface area contributed by atoms with E-state index in [0.717, 1.165) is 28.8 Å². The van der Waals surface area contributed by atoms with Crippen LogP contribution in [0.1, 0.15) is 6.42 Å². The molecule has 0 radical (unpaired) electrons. The Balaban J connectivity index is 1.39. The van der Waals surface area contributed by atoms with Gasteiger partial charge in [-0.25, -0.2) is 0 Å². The molecule has 0 unspecified atom stereocenters. The Morgan fingerprint density at radius 1 is 1.08 bits per heavy atom. The number of fused-ring (bicyclic) bond motifs is 1. The molecule has 2 aromatic carbocycles. The third kappa shape index (κ3) is 4.72. The molecule has 0 aliphatic heterocycles. The molecular weight excluding hydrogens is 326 g/mol. The van der Waals surface area contributed by atoms with Crippen LogP contribution in [0.25, 0.3) is 10.9 Å². The maximum Gasteiger partial charge on any atom is 0.239 e. The molecule has 0 saturated carbocycles. The Morgan fingerprint density at radius 3 is 2.73 bits per heavy atom. The standard InChI is InChI=1S/C21H23N3O2/c1-24(18-10-3-2-4-11-18)16-20(25)22-14-7-15-26-19-12-5-8-17-9-6-13-23-21(17)19/h2-6,8-13H,7,14-16H2,1H3,(H,22,25). The highest BCUT2D eigenvalue weighted by molar-refractivity contribution is 5.84. The number of para-hydroxylation sites is 2. The van der Waals surface area contributed by atoms with Gasteiger partial charge in [0.25, 0.3) is 0 Å². The van der Waals surface area contributed by atoms with Gasteiger partial charge in [-0.1, -0.05) is 36.4 Å². The van der Waals surface area contributed by atoms with Crippen molar-refractivity contribution in [2.24, 2.45) is 0 Å². The highest BCUT2D eigenvalue weighted by Gasteiger charge is 2.07. The van der Waals surface area contributed by atoms with E-state index in [1.807, 2.05) is 72.6 Å². The molecule has 1 amide bonds. The van der Waals surface area contributed by atoms with Gasteiger partial charge in [-0.15, -0.1) is 0 Å².